The Morgan fingerprint density at radius 2 is 1.89 bits per heavy atom. The van der Waals surface area contributed by atoms with Crippen molar-refractivity contribution < 1.29 is 19.5 Å². The van der Waals surface area contributed by atoms with Crippen LogP contribution in [0.15, 0.2) is 12.2 Å². The van der Waals surface area contributed by atoms with Crippen molar-refractivity contribution in [2.24, 2.45) is 23.7 Å². The Labute approximate surface area is 105 Å². The van der Waals surface area contributed by atoms with Gasteiger partial charge in [-0.1, -0.05) is 19.1 Å². The summed E-state index contributed by atoms with van der Waals surface area (Å²) < 4.78 is 0. The molecule has 2 amide bonds. The van der Waals surface area contributed by atoms with Crippen LogP contribution in [-0.4, -0.2) is 33.8 Å². The lowest BCUT2D eigenvalue weighted by Crippen LogP contribution is -2.40. The van der Waals surface area contributed by atoms with Gasteiger partial charge in [-0.25, -0.2) is 0 Å². The predicted molar refractivity (Wildman–Crippen MR) is 63.4 cm³/mol. The third-order valence-corrected chi connectivity index (χ3v) is 3.81. The van der Waals surface area contributed by atoms with Crippen LogP contribution in [0.3, 0.4) is 0 Å². The highest BCUT2D eigenvalue weighted by Gasteiger charge is 2.55. The molecule has 0 aromatic carbocycles. The van der Waals surface area contributed by atoms with E-state index in [0.717, 1.165) is 0 Å². The number of hydrogen-bond donors (Lipinski definition) is 1. The van der Waals surface area contributed by atoms with E-state index < -0.39 is 23.7 Å². The molecule has 5 nitrogen and oxygen atoms in total. The van der Waals surface area contributed by atoms with E-state index in [1.165, 1.54) is 4.90 Å². The number of carbonyl (C=O) groups excluding carboxylic acids is 2. The first-order valence-electron chi connectivity index (χ1n) is 6.14. The summed E-state index contributed by atoms with van der Waals surface area (Å²) in [7, 11) is 0. The van der Waals surface area contributed by atoms with Crippen molar-refractivity contribution in [3.63, 3.8) is 0 Å². The first-order chi connectivity index (χ1) is 8.36. The molecule has 0 aromatic rings. The fourth-order valence-corrected chi connectivity index (χ4v) is 2.95. The van der Waals surface area contributed by atoms with E-state index in [0.29, 0.717) is 0 Å². The maximum Gasteiger partial charge on any atom is 0.307 e. The Bertz CT molecular complexity index is 440. The Kier molecular flexibility index (Phi) is 3.00. The molecule has 1 aliphatic heterocycles. The van der Waals surface area contributed by atoms with E-state index in [1.807, 2.05) is 0 Å². The summed E-state index contributed by atoms with van der Waals surface area (Å²) in [6.45, 7) is 5.29. The van der Waals surface area contributed by atoms with Gasteiger partial charge in [-0.05, 0) is 19.8 Å². The van der Waals surface area contributed by atoms with Crippen LogP contribution in [0.25, 0.3) is 0 Å². The van der Waals surface area contributed by atoms with Gasteiger partial charge in [0.2, 0.25) is 11.8 Å². The number of likely N-dealkylation sites (tertiary alicyclic amines) is 1. The first kappa shape index (κ1) is 12.8. The molecule has 1 aliphatic carbocycles. The van der Waals surface area contributed by atoms with Crippen molar-refractivity contribution in [3.05, 3.63) is 12.2 Å². The summed E-state index contributed by atoms with van der Waals surface area (Å²) in [4.78, 5) is 36.9. The Morgan fingerprint density at radius 3 is 2.39 bits per heavy atom. The largest absolute Gasteiger partial charge is 0.481 e. The van der Waals surface area contributed by atoms with Gasteiger partial charge in [-0.3, -0.25) is 19.3 Å². The fourth-order valence-electron chi connectivity index (χ4n) is 2.95. The van der Waals surface area contributed by atoms with Gasteiger partial charge >= 0.3 is 5.97 Å². The second-order valence-electron chi connectivity index (χ2n) is 5.30. The van der Waals surface area contributed by atoms with Gasteiger partial charge in [0.25, 0.3) is 0 Å². The molecular weight excluding hydrogens is 234 g/mol. The molecule has 4 atom stereocenters. The number of carboxylic acid groups (broad SMARTS) is 1. The van der Waals surface area contributed by atoms with Gasteiger partial charge in [0, 0.05) is 6.04 Å². The highest BCUT2D eigenvalue weighted by atomic mass is 16.4. The molecule has 1 heterocycles. The van der Waals surface area contributed by atoms with Gasteiger partial charge < -0.3 is 5.11 Å². The fraction of sp³-hybridized carbons (Fsp3) is 0.615. The lowest BCUT2D eigenvalue weighted by Gasteiger charge is -2.28. The molecule has 98 valence electrons. The quantitative estimate of drug-likeness (QED) is 0.584. The standard InChI is InChI=1S/C13H17NO4/c1-6(2)14-11(15)8-5-4-7(3)9(13(17)18)10(8)12(14)16/h4-10H,1-3H3,(H,17,18)/t7-,8-,9+,10-/m1/s1. The summed E-state index contributed by atoms with van der Waals surface area (Å²) in [5, 5.41) is 9.27. The lowest BCUT2D eigenvalue weighted by molar-refractivity contribution is -0.151. The van der Waals surface area contributed by atoms with E-state index >= 15 is 0 Å². The van der Waals surface area contributed by atoms with Gasteiger partial charge in [0.1, 0.15) is 0 Å². The molecule has 0 saturated carbocycles. The average molecular weight is 251 g/mol. The molecule has 2 rings (SSSR count). The van der Waals surface area contributed by atoms with Crippen LogP contribution in [-0.2, 0) is 14.4 Å². The number of fused-ring (bicyclic) bond motifs is 1. The molecule has 0 radical (unpaired) electrons. The van der Waals surface area contributed by atoms with E-state index in [4.69, 9.17) is 0 Å². The minimum absolute atomic E-state index is 0.228. The van der Waals surface area contributed by atoms with Crippen molar-refractivity contribution in [1.29, 1.82) is 0 Å². The van der Waals surface area contributed by atoms with Crippen molar-refractivity contribution in [1.82, 2.24) is 4.90 Å². The zero-order valence-electron chi connectivity index (χ0n) is 10.7. The smallest absolute Gasteiger partial charge is 0.307 e. The van der Waals surface area contributed by atoms with Crippen molar-refractivity contribution in [2.75, 3.05) is 0 Å². The molecule has 1 saturated heterocycles. The second-order valence-corrected chi connectivity index (χ2v) is 5.30. The highest BCUT2D eigenvalue weighted by molar-refractivity contribution is 6.08. The summed E-state index contributed by atoms with van der Waals surface area (Å²) in [5.74, 6) is -3.99. The topological polar surface area (TPSA) is 74.7 Å². The third-order valence-electron chi connectivity index (χ3n) is 3.81. The summed E-state index contributed by atoms with van der Waals surface area (Å²) >= 11 is 0. The third kappa shape index (κ3) is 1.65. The number of allylic oxidation sites excluding steroid dienone is 1. The van der Waals surface area contributed by atoms with Crippen LogP contribution in [0.4, 0.5) is 0 Å². The number of carbonyl (C=O) groups is 3. The van der Waals surface area contributed by atoms with Crippen LogP contribution in [0.2, 0.25) is 0 Å². The molecule has 0 unspecified atom stereocenters. The molecule has 1 N–H and O–H groups in total. The van der Waals surface area contributed by atoms with Gasteiger partial charge in [-0.2, -0.15) is 0 Å². The molecule has 0 spiro atoms. The molecular formula is C13H17NO4. The number of carboxylic acids is 1. The highest BCUT2D eigenvalue weighted by Crippen LogP contribution is 2.41. The molecule has 1 fully saturated rings. The Morgan fingerprint density at radius 1 is 1.28 bits per heavy atom. The van der Waals surface area contributed by atoms with Crippen LogP contribution in [0.5, 0.6) is 0 Å². The maximum atomic E-state index is 12.3. The minimum Gasteiger partial charge on any atom is -0.481 e. The number of aliphatic carboxylic acids is 1. The van der Waals surface area contributed by atoms with Gasteiger partial charge in [-0.15, -0.1) is 0 Å². The zero-order valence-corrected chi connectivity index (χ0v) is 10.7. The lowest BCUT2D eigenvalue weighted by atomic mass is 9.72. The minimum atomic E-state index is -1.01. The maximum absolute atomic E-state index is 12.3. The number of imide groups is 1. The predicted octanol–water partition coefficient (Wildman–Crippen LogP) is 0.903. The van der Waals surface area contributed by atoms with Crippen LogP contribution in [0.1, 0.15) is 20.8 Å². The van der Waals surface area contributed by atoms with Crippen LogP contribution in [0, 0.1) is 23.7 Å². The van der Waals surface area contributed by atoms with E-state index in [1.54, 1.807) is 32.9 Å². The molecule has 18 heavy (non-hydrogen) atoms. The monoisotopic (exact) mass is 251 g/mol. The molecule has 2 aliphatic rings. The van der Waals surface area contributed by atoms with Gasteiger partial charge in [0.15, 0.2) is 0 Å². The number of rotatable bonds is 2. The van der Waals surface area contributed by atoms with Crippen LogP contribution >= 0.6 is 0 Å². The second kappa shape index (κ2) is 4.23. The first-order valence-corrected chi connectivity index (χ1v) is 6.14. The summed E-state index contributed by atoms with van der Waals surface area (Å²) in [5.41, 5.74) is 0. The molecule has 5 heteroatoms. The number of amides is 2. The molecule has 0 aromatic heterocycles. The molecule has 0 bridgehead atoms. The SMILES string of the molecule is CC(C)N1C(=O)[C@H]2[C@@H](C(=O)O)[C@H](C)C=C[C@H]2C1=O. The summed E-state index contributed by atoms with van der Waals surface area (Å²) in [6.07, 6.45) is 3.42. The van der Waals surface area contributed by atoms with Gasteiger partial charge in [0.05, 0.1) is 17.8 Å². The van der Waals surface area contributed by atoms with Crippen molar-refractivity contribution in [3.8, 4) is 0 Å². The normalized spacial score (nSPS) is 35.2. The van der Waals surface area contributed by atoms with Crippen LogP contribution < -0.4 is 0 Å². The summed E-state index contributed by atoms with van der Waals surface area (Å²) in [6, 6.07) is -0.228. The van der Waals surface area contributed by atoms with E-state index in [-0.39, 0.29) is 23.8 Å². The van der Waals surface area contributed by atoms with Crippen molar-refractivity contribution in [2.45, 2.75) is 26.8 Å². The van der Waals surface area contributed by atoms with E-state index in [9.17, 15) is 19.5 Å². The van der Waals surface area contributed by atoms with E-state index in [2.05, 4.69) is 0 Å². The zero-order chi connectivity index (χ0) is 13.6. The number of hydrogen-bond acceptors (Lipinski definition) is 3. The Hall–Kier alpha value is -1.65. The van der Waals surface area contributed by atoms with Crippen molar-refractivity contribution >= 4 is 17.8 Å². The average Bonchev–Trinajstić information content (AvgIpc) is 2.50. The number of nitrogens with zero attached hydrogens (tertiary/aromatic N) is 1. The Balaban J connectivity index is 2.43.